The van der Waals surface area contributed by atoms with Gasteiger partial charge in [-0.25, -0.2) is 0 Å². The van der Waals surface area contributed by atoms with Crippen LogP contribution in [0.1, 0.15) is 11.1 Å². The van der Waals surface area contributed by atoms with Crippen LogP contribution in [0.25, 0.3) is 0 Å². The van der Waals surface area contributed by atoms with Crippen molar-refractivity contribution in [1.82, 2.24) is 0 Å². The van der Waals surface area contributed by atoms with E-state index in [1.54, 1.807) is 24.3 Å². The number of ether oxygens (including phenoxy) is 1. The van der Waals surface area contributed by atoms with E-state index in [2.05, 4.69) is 27.9 Å². The fraction of sp³-hybridized carbons (Fsp3) is 0.125. The van der Waals surface area contributed by atoms with E-state index >= 15 is 0 Å². The molecule has 2 aromatic carbocycles. The number of amides is 1. The maximum atomic E-state index is 11.9. The Labute approximate surface area is 136 Å². The third-order valence-corrected chi connectivity index (χ3v) is 3.47. The standard InChI is InChI=1S/C16H13IN2O2/c1-11-7-13(17)5-6-15(11)19-16(20)10-21-14-4-2-3-12(8-14)9-18/h2-8H,10H2,1H3,(H,19,20). The van der Waals surface area contributed by atoms with E-state index in [0.29, 0.717) is 11.3 Å². The summed E-state index contributed by atoms with van der Waals surface area (Å²) < 4.78 is 6.50. The van der Waals surface area contributed by atoms with E-state index in [-0.39, 0.29) is 12.5 Å². The second kappa shape index (κ2) is 7.09. The molecule has 1 amide bonds. The zero-order valence-electron chi connectivity index (χ0n) is 11.4. The highest BCUT2D eigenvalue weighted by molar-refractivity contribution is 14.1. The molecule has 0 atom stereocenters. The van der Waals surface area contributed by atoms with Gasteiger partial charge in [-0.3, -0.25) is 4.79 Å². The van der Waals surface area contributed by atoms with E-state index in [0.717, 1.165) is 14.8 Å². The van der Waals surface area contributed by atoms with Gasteiger partial charge in [-0.15, -0.1) is 0 Å². The van der Waals surface area contributed by atoms with Gasteiger partial charge in [0, 0.05) is 9.26 Å². The lowest BCUT2D eigenvalue weighted by atomic mass is 10.2. The third-order valence-electron chi connectivity index (χ3n) is 2.80. The minimum absolute atomic E-state index is 0.0969. The van der Waals surface area contributed by atoms with Gasteiger partial charge in [-0.05, 0) is 71.5 Å². The normalized spacial score (nSPS) is 9.76. The summed E-state index contributed by atoms with van der Waals surface area (Å²) in [5, 5.41) is 11.6. The van der Waals surface area contributed by atoms with Crippen molar-refractivity contribution in [2.45, 2.75) is 6.92 Å². The number of halogens is 1. The maximum Gasteiger partial charge on any atom is 0.262 e. The quantitative estimate of drug-likeness (QED) is 0.811. The van der Waals surface area contributed by atoms with Crippen LogP contribution in [0.5, 0.6) is 5.75 Å². The molecule has 0 fully saturated rings. The summed E-state index contributed by atoms with van der Waals surface area (Å²) in [5.41, 5.74) is 2.28. The van der Waals surface area contributed by atoms with E-state index in [1.807, 2.05) is 31.2 Å². The molecule has 5 heteroatoms. The maximum absolute atomic E-state index is 11.9. The van der Waals surface area contributed by atoms with Crippen molar-refractivity contribution in [3.05, 3.63) is 57.2 Å². The monoisotopic (exact) mass is 392 g/mol. The Hall–Kier alpha value is -2.07. The number of rotatable bonds is 4. The molecule has 0 unspecified atom stereocenters. The Morgan fingerprint density at radius 3 is 2.86 bits per heavy atom. The van der Waals surface area contributed by atoms with E-state index in [9.17, 15) is 4.79 Å². The van der Waals surface area contributed by atoms with Gasteiger partial charge >= 0.3 is 0 Å². The molecule has 4 nitrogen and oxygen atoms in total. The van der Waals surface area contributed by atoms with Crippen LogP contribution in [0.4, 0.5) is 5.69 Å². The van der Waals surface area contributed by atoms with E-state index in [4.69, 9.17) is 10.00 Å². The molecule has 0 bridgehead atoms. The number of nitriles is 1. The van der Waals surface area contributed by atoms with Crippen LogP contribution in [-0.4, -0.2) is 12.5 Å². The fourth-order valence-corrected chi connectivity index (χ4v) is 2.40. The summed E-state index contributed by atoms with van der Waals surface area (Å²) in [5.74, 6) is 0.269. The molecule has 0 aliphatic rings. The second-order valence-electron chi connectivity index (χ2n) is 4.44. The first-order valence-corrected chi connectivity index (χ1v) is 7.35. The molecule has 0 aliphatic carbocycles. The summed E-state index contributed by atoms with van der Waals surface area (Å²) in [6.45, 7) is 1.84. The first-order chi connectivity index (χ1) is 10.1. The molecule has 0 saturated carbocycles. The Bertz CT molecular complexity index is 708. The Morgan fingerprint density at radius 2 is 2.14 bits per heavy atom. The highest BCUT2D eigenvalue weighted by Gasteiger charge is 2.06. The van der Waals surface area contributed by atoms with Crippen LogP contribution in [0, 0.1) is 21.8 Å². The molecular weight excluding hydrogens is 379 g/mol. The number of benzene rings is 2. The number of hydrogen-bond donors (Lipinski definition) is 1. The zero-order chi connectivity index (χ0) is 15.2. The SMILES string of the molecule is Cc1cc(I)ccc1NC(=O)COc1cccc(C#N)c1. The molecule has 0 heterocycles. The van der Waals surface area contributed by atoms with E-state index < -0.39 is 0 Å². The Morgan fingerprint density at radius 1 is 1.33 bits per heavy atom. The van der Waals surface area contributed by atoms with Crippen LogP contribution < -0.4 is 10.1 Å². The molecule has 1 N–H and O–H groups in total. The van der Waals surface area contributed by atoms with Crippen molar-refractivity contribution < 1.29 is 9.53 Å². The van der Waals surface area contributed by atoms with Crippen LogP contribution in [0.3, 0.4) is 0 Å². The highest BCUT2D eigenvalue weighted by Crippen LogP contribution is 2.18. The number of nitrogens with one attached hydrogen (secondary N) is 1. The number of aryl methyl sites for hydroxylation is 1. The molecule has 21 heavy (non-hydrogen) atoms. The number of carbonyl (C=O) groups is 1. The third kappa shape index (κ3) is 4.46. The van der Waals surface area contributed by atoms with Crippen molar-refractivity contribution in [3.8, 4) is 11.8 Å². The Kier molecular flexibility index (Phi) is 5.17. The lowest BCUT2D eigenvalue weighted by molar-refractivity contribution is -0.118. The molecule has 106 valence electrons. The number of nitrogens with zero attached hydrogens (tertiary/aromatic N) is 1. The molecule has 0 aromatic heterocycles. The number of carbonyl (C=O) groups excluding carboxylic acids is 1. The summed E-state index contributed by atoms with van der Waals surface area (Å²) in [4.78, 5) is 11.9. The van der Waals surface area contributed by atoms with Crippen LogP contribution in [0.2, 0.25) is 0 Å². The predicted molar refractivity (Wildman–Crippen MR) is 89.2 cm³/mol. The van der Waals surface area contributed by atoms with Crippen LogP contribution in [-0.2, 0) is 4.79 Å². The minimum Gasteiger partial charge on any atom is -0.484 e. The number of hydrogen-bond acceptors (Lipinski definition) is 3. The molecule has 0 aliphatic heterocycles. The lowest BCUT2D eigenvalue weighted by Crippen LogP contribution is -2.20. The van der Waals surface area contributed by atoms with Crippen molar-refractivity contribution in [2.75, 3.05) is 11.9 Å². The van der Waals surface area contributed by atoms with Gasteiger partial charge in [0.2, 0.25) is 0 Å². The highest BCUT2D eigenvalue weighted by atomic mass is 127. The lowest BCUT2D eigenvalue weighted by Gasteiger charge is -2.10. The smallest absolute Gasteiger partial charge is 0.262 e. The average molecular weight is 392 g/mol. The van der Waals surface area contributed by atoms with Gasteiger partial charge in [0.05, 0.1) is 11.6 Å². The number of anilines is 1. The molecule has 2 aromatic rings. The topological polar surface area (TPSA) is 62.1 Å². The Balaban J connectivity index is 1.94. The fourth-order valence-electron chi connectivity index (χ4n) is 1.76. The van der Waals surface area contributed by atoms with E-state index in [1.165, 1.54) is 0 Å². The van der Waals surface area contributed by atoms with Crippen molar-refractivity contribution in [1.29, 1.82) is 5.26 Å². The predicted octanol–water partition coefficient (Wildman–Crippen LogP) is 3.49. The first-order valence-electron chi connectivity index (χ1n) is 6.27. The largest absolute Gasteiger partial charge is 0.484 e. The first kappa shape index (κ1) is 15.3. The van der Waals surface area contributed by atoms with Crippen LogP contribution >= 0.6 is 22.6 Å². The summed E-state index contributed by atoms with van der Waals surface area (Å²) >= 11 is 2.22. The van der Waals surface area contributed by atoms with Gasteiger partial charge in [-0.1, -0.05) is 6.07 Å². The average Bonchev–Trinajstić information content (AvgIpc) is 2.48. The molecule has 0 saturated heterocycles. The summed E-state index contributed by atoms with van der Waals surface area (Å²) in [6, 6.07) is 14.5. The van der Waals surface area contributed by atoms with Crippen molar-refractivity contribution in [2.24, 2.45) is 0 Å². The van der Waals surface area contributed by atoms with Crippen molar-refractivity contribution in [3.63, 3.8) is 0 Å². The minimum atomic E-state index is -0.235. The molecular formula is C16H13IN2O2. The van der Waals surface area contributed by atoms with Crippen LogP contribution in [0.15, 0.2) is 42.5 Å². The molecule has 0 radical (unpaired) electrons. The molecule has 2 rings (SSSR count). The zero-order valence-corrected chi connectivity index (χ0v) is 13.5. The second-order valence-corrected chi connectivity index (χ2v) is 5.68. The summed E-state index contributed by atoms with van der Waals surface area (Å²) in [6.07, 6.45) is 0. The van der Waals surface area contributed by atoms with Gasteiger partial charge in [-0.2, -0.15) is 5.26 Å². The summed E-state index contributed by atoms with van der Waals surface area (Å²) in [7, 11) is 0. The molecule has 0 spiro atoms. The van der Waals surface area contributed by atoms with Gasteiger partial charge in [0.25, 0.3) is 5.91 Å². The van der Waals surface area contributed by atoms with Gasteiger partial charge < -0.3 is 10.1 Å². The van der Waals surface area contributed by atoms with Crippen molar-refractivity contribution >= 4 is 34.2 Å². The van der Waals surface area contributed by atoms with Gasteiger partial charge in [0.15, 0.2) is 6.61 Å². The van der Waals surface area contributed by atoms with Gasteiger partial charge in [0.1, 0.15) is 5.75 Å².